The molecule has 1 amide bonds. The zero-order valence-electron chi connectivity index (χ0n) is 17.3. The first kappa shape index (κ1) is 19.8. The molecule has 0 bridgehead atoms. The maximum Gasteiger partial charge on any atom is 0.250 e. The molecule has 0 spiro atoms. The number of piperazine rings is 1. The Morgan fingerprint density at radius 1 is 1.16 bits per heavy atom. The highest BCUT2D eigenvalue weighted by molar-refractivity contribution is 6.33. The number of nitrogens with two attached hydrogens (primary N) is 1. The topological polar surface area (TPSA) is 92.3 Å². The Bertz CT molecular complexity index is 1150. The lowest BCUT2D eigenvalue weighted by atomic mass is 10.0. The number of anilines is 3. The number of fused-ring (bicyclic) bond motifs is 3. The summed E-state index contributed by atoms with van der Waals surface area (Å²) in [6.45, 7) is 4.05. The second-order valence-corrected chi connectivity index (χ2v) is 8.44. The van der Waals surface area contributed by atoms with Gasteiger partial charge in [0.15, 0.2) is 0 Å². The number of hydrogen-bond donors (Lipinski definition) is 2. The van der Waals surface area contributed by atoms with Crippen LogP contribution in [0, 0.1) is 0 Å². The minimum absolute atomic E-state index is 0.420. The van der Waals surface area contributed by atoms with Crippen LogP contribution in [0.25, 0.3) is 5.82 Å². The molecule has 3 N–H and O–H groups in total. The third kappa shape index (κ3) is 3.73. The van der Waals surface area contributed by atoms with E-state index in [2.05, 4.69) is 33.2 Å². The van der Waals surface area contributed by atoms with E-state index < -0.39 is 5.91 Å². The van der Waals surface area contributed by atoms with Crippen LogP contribution in [0.3, 0.4) is 0 Å². The van der Waals surface area contributed by atoms with Crippen molar-refractivity contribution in [1.29, 1.82) is 0 Å². The van der Waals surface area contributed by atoms with Gasteiger partial charge in [-0.1, -0.05) is 11.6 Å². The number of nitrogens with zero attached hydrogens (tertiary/aromatic N) is 5. The van der Waals surface area contributed by atoms with Gasteiger partial charge in [-0.05, 0) is 44.2 Å². The highest BCUT2D eigenvalue weighted by Gasteiger charge is 2.23. The summed E-state index contributed by atoms with van der Waals surface area (Å²) >= 11 is 6.58. The van der Waals surface area contributed by atoms with Crippen LogP contribution in [-0.4, -0.2) is 58.6 Å². The fourth-order valence-electron chi connectivity index (χ4n) is 4.23. The van der Waals surface area contributed by atoms with Crippen LogP contribution in [0.2, 0.25) is 5.02 Å². The number of nitrogens with one attached hydrogen (secondary N) is 1. The highest BCUT2D eigenvalue weighted by Crippen LogP contribution is 2.31. The first-order valence-electron chi connectivity index (χ1n) is 10.4. The van der Waals surface area contributed by atoms with Crippen molar-refractivity contribution in [3.05, 3.63) is 58.5 Å². The molecular formula is C22H24ClN7O. The van der Waals surface area contributed by atoms with Gasteiger partial charge in [-0.15, -0.1) is 0 Å². The van der Waals surface area contributed by atoms with E-state index >= 15 is 0 Å². The summed E-state index contributed by atoms with van der Waals surface area (Å²) in [5, 5.41) is 3.85. The number of aryl methyl sites for hydroxylation is 1. The molecule has 0 aliphatic carbocycles. The minimum Gasteiger partial charge on any atom is -0.369 e. The van der Waals surface area contributed by atoms with Crippen molar-refractivity contribution < 1.29 is 4.79 Å². The van der Waals surface area contributed by atoms with Gasteiger partial charge in [-0.3, -0.25) is 4.79 Å². The van der Waals surface area contributed by atoms with Gasteiger partial charge in [0.05, 0.1) is 16.3 Å². The summed E-state index contributed by atoms with van der Waals surface area (Å²) in [5.74, 6) is 0.795. The predicted molar refractivity (Wildman–Crippen MR) is 122 cm³/mol. The number of likely N-dealkylation sites (N-methyl/N-ethyl adjacent to an activating group) is 1. The fourth-order valence-corrected chi connectivity index (χ4v) is 4.45. The summed E-state index contributed by atoms with van der Waals surface area (Å²) in [4.78, 5) is 25.5. The molecule has 0 radical (unpaired) electrons. The van der Waals surface area contributed by atoms with Gasteiger partial charge in [0.25, 0.3) is 5.91 Å². The first-order chi connectivity index (χ1) is 15.0. The molecule has 1 aromatic carbocycles. The molecule has 2 aromatic heterocycles. The van der Waals surface area contributed by atoms with Crippen molar-refractivity contribution in [3.8, 4) is 5.82 Å². The first-order valence-corrected chi connectivity index (χ1v) is 10.7. The lowest BCUT2D eigenvalue weighted by molar-refractivity contribution is 0.0999. The molecule has 4 heterocycles. The van der Waals surface area contributed by atoms with Gasteiger partial charge in [0.1, 0.15) is 5.82 Å². The molecule has 3 aromatic rings. The van der Waals surface area contributed by atoms with Crippen molar-refractivity contribution in [2.24, 2.45) is 5.73 Å². The Labute approximate surface area is 185 Å². The van der Waals surface area contributed by atoms with Crippen molar-refractivity contribution >= 4 is 34.8 Å². The number of rotatable bonds is 4. The Morgan fingerprint density at radius 3 is 2.71 bits per heavy atom. The molecule has 31 heavy (non-hydrogen) atoms. The molecule has 5 rings (SSSR count). The molecule has 0 unspecified atom stereocenters. The van der Waals surface area contributed by atoms with Crippen LogP contribution in [0.1, 0.15) is 21.6 Å². The molecule has 0 saturated carbocycles. The van der Waals surface area contributed by atoms with E-state index in [0.29, 0.717) is 16.5 Å². The van der Waals surface area contributed by atoms with Gasteiger partial charge in [-0.25, -0.2) is 4.98 Å². The molecule has 2 aliphatic heterocycles. The summed E-state index contributed by atoms with van der Waals surface area (Å²) in [6.07, 6.45) is 5.15. The molecular weight excluding hydrogens is 414 g/mol. The average molecular weight is 438 g/mol. The largest absolute Gasteiger partial charge is 0.369 e. The summed E-state index contributed by atoms with van der Waals surface area (Å²) in [5.41, 5.74) is 9.83. The number of primary amides is 1. The number of hydrogen-bond acceptors (Lipinski definition) is 6. The van der Waals surface area contributed by atoms with Crippen LogP contribution in [0.15, 0.2) is 36.7 Å². The third-order valence-corrected chi connectivity index (χ3v) is 6.34. The lowest BCUT2D eigenvalue weighted by Crippen LogP contribution is -2.44. The van der Waals surface area contributed by atoms with Gasteiger partial charge in [0.2, 0.25) is 5.95 Å². The van der Waals surface area contributed by atoms with E-state index in [1.54, 1.807) is 6.07 Å². The van der Waals surface area contributed by atoms with E-state index in [0.717, 1.165) is 67.5 Å². The normalized spacial score (nSPS) is 16.0. The maximum absolute atomic E-state index is 11.7. The molecule has 1 saturated heterocycles. The van der Waals surface area contributed by atoms with Crippen LogP contribution >= 0.6 is 11.6 Å². The maximum atomic E-state index is 11.7. The Hall–Kier alpha value is -3.10. The highest BCUT2D eigenvalue weighted by atomic mass is 35.5. The fraction of sp³-hybridized carbons (Fsp3) is 0.318. The zero-order valence-corrected chi connectivity index (χ0v) is 18.1. The van der Waals surface area contributed by atoms with Crippen LogP contribution in [0.5, 0.6) is 0 Å². The second kappa shape index (κ2) is 7.86. The molecule has 0 atom stereocenters. The Balaban J connectivity index is 1.39. The molecule has 160 valence electrons. The van der Waals surface area contributed by atoms with Gasteiger partial charge in [0, 0.05) is 55.5 Å². The molecule has 9 heteroatoms. The van der Waals surface area contributed by atoms with Gasteiger partial charge >= 0.3 is 0 Å². The van der Waals surface area contributed by atoms with E-state index in [-0.39, 0.29) is 0 Å². The standard InChI is InChI=1S/C22H24ClN7O/c1-28-8-10-29(11-9-28)15-3-4-18(17(23)12-15)26-22-25-13-14-2-5-19-16(20(24)31)6-7-30(19)21(14)27-22/h3-4,6-7,12-13H,2,5,8-11H2,1H3,(H2,24,31)(H,25,26,27). The Kier molecular flexibility index (Phi) is 5.03. The minimum atomic E-state index is -0.420. The number of halogens is 1. The number of aromatic nitrogens is 3. The molecule has 2 aliphatic rings. The smallest absolute Gasteiger partial charge is 0.250 e. The van der Waals surface area contributed by atoms with Crippen molar-refractivity contribution in [2.45, 2.75) is 12.8 Å². The second-order valence-electron chi connectivity index (χ2n) is 8.03. The summed E-state index contributed by atoms with van der Waals surface area (Å²) < 4.78 is 1.92. The predicted octanol–water partition coefficient (Wildman–Crippen LogP) is 2.61. The third-order valence-electron chi connectivity index (χ3n) is 6.03. The number of carbonyl (C=O) groups excluding carboxylic acids is 1. The lowest BCUT2D eigenvalue weighted by Gasteiger charge is -2.34. The summed E-state index contributed by atoms with van der Waals surface area (Å²) in [6, 6.07) is 7.76. The zero-order chi connectivity index (χ0) is 21.5. The van der Waals surface area contributed by atoms with Crippen molar-refractivity contribution in [2.75, 3.05) is 43.4 Å². The quantitative estimate of drug-likeness (QED) is 0.651. The average Bonchev–Trinajstić information content (AvgIpc) is 3.21. The van der Waals surface area contributed by atoms with Gasteiger partial charge < -0.3 is 25.4 Å². The van der Waals surface area contributed by atoms with Crippen LogP contribution in [0.4, 0.5) is 17.3 Å². The van der Waals surface area contributed by atoms with E-state index in [1.165, 1.54) is 0 Å². The summed E-state index contributed by atoms with van der Waals surface area (Å²) in [7, 11) is 2.14. The Morgan fingerprint density at radius 2 is 1.97 bits per heavy atom. The van der Waals surface area contributed by atoms with Crippen LogP contribution in [-0.2, 0) is 12.8 Å². The van der Waals surface area contributed by atoms with E-state index in [9.17, 15) is 4.79 Å². The molecule has 8 nitrogen and oxygen atoms in total. The van der Waals surface area contributed by atoms with Crippen molar-refractivity contribution in [1.82, 2.24) is 19.4 Å². The van der Waals surface area contributed by atoms with E-state index in [4.69, 9.17) is 22.3 Å². The van der Waals surface area contributed by atoms with E-state index in [1.807, 2.05) is 29.1 Å². The molecule has 1 fully saturated rings. The monoisotopic (exact) mass is 437 g/mol. The number of amides is 1. The van der Waals surface area contributed by atoms with Crippen LogP contribution < -0.4 is 16.0 Å². The SMILES string of the molecule is CN1CCN(c2ccc(Nc3ncc4c(n3)-n3ccc(C(N)=O)c3CC4)c(Cl)c2)CC1. The number of benzene rings is 1. The number of carbonyl (C=O) groups is 1. The van der Waals surface area contributed by atoms with Gasteiger partial charge in [-0.2, -0.15) is 4.98 Å². The van der Waals surface area contributed by atoms with Crippen molar-refractivity contribution in [3.63, 3.8) is 0 Å².